The van der Waals surface area contributed by atoms with E-state index in [9.17, 15) is 4.79 Å². The van der Waals surface area contributed by atoms with Crippen LogP contribution in [-0.4, -0.2) is 36.7 Å². The van der Waals surface area contributed by atoms with Crippen LogP contribution in [0.5, 0.6) is 0 Å². The van der Waals surface area contributed by atoms with E-state index in [1.165, 1.54) is 18.4 Å². The van der Waals surface area contributed by atoms with E-state index in [0.717, 1.165) is 37.1 Å². The summed E-state index contributed by atoms with van der Waals surface area (Å²) < 4.78 is 5.38. The van der Waals surface area contributed by atoms with Gasteiger partial charge in [-0.2, -0.15) is 5.10 Å². The number of fused-ring (bicyclic) bond motifs is 1. The molecule has 0 saturated heterocycles. The summed E-state index contributed by atoms with van der Waals surface area (Å²) in [5, 5.41) is 16.0. The lowest BCUT2D eigenvalue weighted by atomic mass is 9.80. The Hall–Kier alpha value is -1.82. The van der Waals surface area contributed by atoms with Crippen molar-refractivity contribution >= 4 is 11.8 Å². The molecule has 2 rings (SSSR count). The largest absolute Gasteiger partial charge is 0.440 e. The molecule has 128 valence electrons. The fourth-order valence-corrected chi connectivity index (χ4v) is 3.25. The Morgan fingerprint density at radius 3 is 3.00 bits per heavy atom. The van der Waals surface area contributed by atoms with Crippen molar-refractivity contribution in [2.24, 2.45) is 11.0 Å². The van der Waals surface area contributed by atoms with Gasteiger partial charge < -0.3 is 15.2 Å². The highest BCUT2D eigenvalue weighted by molar-refractivity contribution is 5.99. The van der Waals surface area contributed by atoms with E-state index < -0.39 is 6.09 Å². The van der Waals surface area contributed by atoms with E-state index in [-0.39, 0.29) is 18.6 Å². The van der Waals surface area contributed by atoms with Crippen molar-refractivity contribution in [2.75, 3.05) is 13.7 Å². The van der Waals surface area contributed by atoms with Gasteiger partial charge in [0.1, 0.15) is 6.10 Å². The Labute approximate surface area is 137 Å². The Balaban J connectivity index is 2.26. The molecule has 0 spiro atoms. The van der Waals surface area contributed by atoms with Crippen LogP contribution in [0.2, 0.25) is 0 Å². The van der Waals surface area contributed by atoms with Gasteiger partial charge in [-0.3, -0.25) is 5.43 Å². The number of allylic oxidation sites excluding steroid dienone is 2. The lowest BCUT2D eigenvalue weighted by molar-refractivity contribution is 0.120. The van der Waals surface area contributed by atoms with Crippen molar-refractivity contribution in [3.63, 3.8) is 0 Å². The van der Waals surface area contributed by atoms with E-state index in [1.807, 2.05) is 13.0 Å². The quantitative estimate of drug-likeness (QED) is 0.743. The predicted octanol–water partition coefficient (Wildman–Crippen LogP) is 2.46. The molecule has 1 aliphatic heterocycles. The van der Waals surface area contributed by atoms with E-state index in [1.54, 1.807) is 13.1 Å². The second kappa shape index (κ2) is 8.72. The molecule has 1 saturated carbocycles. The van der Waals surface area contributed by atoms with Crippen molar-refractivity contribution in [3.8, 4) is 0 Å². The molecule has 3 N–H and O–H groups in total. The maximum atomic E-state index is 11.5. The number of hydrazone groups is 1. The van der Waals surface area contributed by atoms with E-state index in [0.29, 0.717) is 0 Å². The van der Waals surface area contributed by atoms with E-state index in [4.69, 9.17) is 9.84 Å². The summed E-state index contributed by atoms with van der Waals surface area (Å²) in [6.07, 6.45) is 9.61. The summed E-state index contributed by atoms with van der Waals surface area (Å²) in [5.74, 6) is 0.241. The van der Waals surface area contributed by atoms with Gasteiger partial charge in [-0.05, 0) is 37.8 Å². The van der Waals surface area contributed by atoms with Crippen LogP contribution in [0.15, 0.2) is 28.5 Å². The molecule has 0 radical (unpaired) electrons. The molecular weight excluding hydrogens is 294 g/mol. The number of carbonyl (C=O) groups is 1. The summed E-state index contributed by atoms with van der Waals surface area (Å²) in [6, 6.07) is 0. The van der Waals surface area contributed by atoms with Crippen LogP contribution in [-0.2, 0) is 4.74 Å². The first kappa shape index (κ1) is 17.5. The first-order valence-corrected chi connectivity index (χ1v) is 8.39. The highest BCUT2D eigenvalue weighted by Crippen LogP contribution is 2.34. The van der Waals surface area contributed by atoms with Crippen LogP contribution in [0, 0.1) is 5.92 Å². The molecule has 2 unspecified atom stereocenters. The fraction of sp³-hybridized carbons (Fsp3) is 0.647. The number of nitrogens with one attached hydrogen (secondary N) is 2. The Kier molecular flexibility index (Phi) is 6.65. The number of hydrogen-bond donors (Lipinski definition) is 3. The second-order valence-electron chi connectivity index (χ2n) is 5.98. The number of aliphatic hydroxyl groups excluding tert-OH is 1. The Morgan fingerprint density at radius 2 is 2.26 bits per heavy atom. The first-order chi connectivity index (χ1) is 11.2. The number of ether oxygens (including phenoxy) is 1. The van der Waals surface area contributed by atoms with Crippen molar-refractivity contribution in [2.45, 2.75) is 51.6 Å². The summed E-state index contributed by atoms with van der Waals surface area (Å²) in [7, 11) is 1.55. The fourth-order valence-electron chi connectivity index (χ4n) is 3.25. The minimum Gasteiger partial charge on any atom is -0.440 e. The minimum absolute atomic E-state index is 0.00777. The highest BCUT2D eigenvalue weighted by Gasteiger charge is 2.30. The molecule has 1 heterocycles. The van der Waals surface area contributed by atoms with Gasteiger partial charge >= 0.3 is 6.09 Å². The van der Waals surface area contributed by atoms with Gasteiger partial charge in [0, 0.05) is 13.0 Å². The summed E-state index contributed by atoms with van der Waals surface area (Å²) in [4.78, 5) is 11.5. The average Bonchev–Trinajstić information content (AvgIpc) is 2.52. The average molecular weight is 321 g/mol. The molecule has 6 heteroatoms. The molecule has 1 fully saturated rings. The molecule has 0 aromatic rings. The monoisotopic (exact) mass is 321 g/mol. The van der Waals surface area contributed by atoms with Gasteiger partial charge in [0.05, 0.1) is 18.0 Å². The Morgan fingerprint density at radius 1 is 1.48 bits per heavy atom. The van der Waals surface area contributed by atoms with Gasteiger partial charge in [0.15, 0.2) is 0 Å². The van der Waals surface area contributed by atoms with Crippen LogP contribution in [0.1, 0.15) is 45.4 Å². The normalized spacial score (nSPS) is 23.3. The Bertz CT molecular complexity index is 511. The zero-order valence-corrected chi connectivity index (χ0v) is 14.0. The molecule has 23 heavy (non-hydrogen) atoms. The molecule has 1 amide bonds. The molecule has 0 aromatic carbocycles. The number of rotatable bonds is 4. The molecule has 1 aliphatic carbocycles. The van der Waals surface area contributed by atoms with Crippen LogP contribution >= 0.6 is 0 Å². The third kappa shape index (κ3) is 4.58. The van der Waals surface area contributed by atoms with Crippen molar-refractivity contribution < 1.29 is 14.6 Å². The summed E-state index contributed by atoms with van der Waals surface area (Å²) >= 11 is 0. The zero-order chi connectivity index (χ0) is 16.7. The topological polar surface area (TPSA) is 83.0 Å². The molecule has 6 nitrogen and oxygen atoms in total. The third-order valence-electron chi connectivity index (χ3n) is 4.41. The van der Waals surface area contributed by atoms with E-state index in [2.05, 4.69) is 15.8 Å². The van der Waals surface area contributed by atoms with E-state index >= 15 is 0 Å². The van der Waals surface area contributed by atoms with Gasteiger partial charge in [0.25, 0.3) is 0 Å². The highest BCUT2D eigenvalue weighted by atomic mass is 16.6. The maximum absolute atomic E-state index is 11.5. The summed E-state index contributed by atoms with van der Waals surface area (Å²) in [5.41, 5.74) is 6.23. The number of nitrogens with zero attached hydrogens (tertiary/aromatic N) is 1. The number of alkyl carbamates (subject to hydrolysis) is 1. The van der Waals surface area contributed by atoms with Crippen molar-refractivity contribution in [3.05, 3.63) is 23.4 Å². The van der Waals surface area contributed by atoms with Crippen LogP contribution in [0.25, 0.3) is 0 Å². The second-order valence-corrected chi connectivity index (χ2v) is 5.98. The van der Waals surface area contributed by atoms with Gasteiger partial charge in [-0.1, -0.05) is 25.3 Å². The van der Waals surface area contributed by atoms with Crippen molar-refractivity contribution in [1.29, 1.82) is 0 Å². The van der Waals surface area contributed by atoms with Gasteiger partial charge in [-0.15, -0.1) is 0 Å². The van der Waals surface area contributed by atoms with Gasteiger partial charge in [-0.25, -0.2) is 4.79 Å². The number of aliphatic hydroxyl groups is 1. The lowest BCUT2D eigenvalue weighted by Crippen LogP contribution is -2.35. The molecule has 2 atom stereocenters. The van der Waals surface area contributed by atoms with Crippen LogP contribution in [0.4, 0.5) is 4.79 Å². The molecule has 0 aromatic heterocycles. The standard InChI is InChI=1S/C17H27N3O3/c1-12(23-17(22)18-2)16-14-9-6-4-3-5-8-13(14)15(19-20-16)10-7-11-21/h7,10,12-13,20-21H,3-6,8-9,11H2,1-2H3,(H,18,22)/b10-7-. The smallest absolute Gasteiger partial charge is 0.407 e. The maximum Gasteiger partial charge on any atom is 0.407 e. The molecule has 2 aliphatic rings. The number of amides is 1. The first-order valence-electron chi connectivity index (χ1n) is 8.39. The minimum atomic E-state index is -0.440. The van der Waals surface area contributed by atoms with Gasteiger partial charge in [0.2, 0.25) is 0 Å². The van der Waals surface area contributed by atoms with Crippen LogP contribution < -0.4 is 10.7 Å². The molecular formula is C17H27N3O3. The zero-order valence-electron chi connectivity index (χ0n) is 14.0. The lowest BCUT2D eigenvalue weighted by Gasteiger charge is -2.32. The number of carbonyl (C=O) groups excluding carboxylic acids is 1. The van der Waals surface area contributed by atoms with Crippen molar-refractivity contribution in [1.82, 2.24) is 10.7 Å². The summed E-state index contributed by atoms with van der Waals surface area (Å²) in [6.45, 7) is 1.87. The third-order valence-corrected chi connectivity index (χ3v) is 4.41. The SMILES string of the molecule is CNC(=O)OC(C)C1=C2CCCCCCC2C(/C=C\CO)=NN1. The van der Waals surface area contributed by atoms with Crippen LogP contribution in [0.3, 0.4) is 0 Å². The number of hydrogen-bond acceptors (Lipinski definition) is 5. The molecule has 0 bridgehead atoms. The predicted molar refractivity (Wildman–Crippen MR) is 90.0 cm³/mol.